The third-order valence-corrected chi connectivity index (χ3v) is 5.24. The summed E-state index contributed by atoms with van der Waals surface area (Å²) in [6.07, 6.45) is 0. The van der Waals surface area contributed by atoms with Gasteiger partial charge in [0.15, 0.2) is 23.1 Å². The van der Waals surface area contributed by atoms with E-state index in [9.17, 15) is 21.6 Å². The molecule has 0 radical (unpaired) electrons. The lowest BCUT2D eigenvalue weighted by Crippen LogP contribution is -2.11. The zero-order valence-corrected chi connectivity index (χ0v) is 16.2. The fourth-order valence-electron chi connectivity index (χ4n) is 2.87. The summed E-state index contributed by atoms with van der Waals surface area (Å²) in [4.78, 5) is -0.129. The maximum absolute atomic E-state index is 14.2. The number of hydrogen-bond donors (Lipinski definition) is 1. The van der Waals surface area contributed by atoms with Crippen LogP contribution in [-0.2, 0) is 10.0 Å². The first-order chi connectivity index (χ1) is 13.7. The van der Waals surface area contributed by atoms with Crippen LogP contribution in [0.4, 0.5) is 13.2 Å². The molecule has 0 atom stereocenters. The molecule has 9 heteroatoms. The van der Waals surface area contributed by atoms with Crippen molar-refractivity contribution < 1.29 is 31.1 Å². The SMILES string of the molecule is COc1cc(-c2cc(F)c(F)cc2-c2ccc(S(N)(=O)=O)cc2)cc(OC)c1F. The van der Waals surface area contributed by atoms with E-state index in [-0.39, 0.29) is 27.5 Å². The molecule has 3 aromatic rings. The minimum atomic E-state index is -3.91. The maximum Gasteiger partial charge on any atom is 0.238 e. The van der Waals surface area contributed by atoms with Crippen LogP contribution in [0.3, 0.4) is 0 Å². The monoisotopic (exact) mass is 423 g/mol. The lowest BCUT2D eigenvalue weighted by Gasteiger charge is -2.15. The average molecular weight is 423 g/mol. The third-order valence-electron chi connectivity index (χ3n) is 4.31. The van der Waals surface area contributed by atoms with Crippen molar-refractivity contribution in [2.75, 3.05) is 14.2 Å². The van der Waals surface area contributed by atoms with E-state index in [4.69, 9.17) is 14.6 Å². The zero-order chi connectivity index (χ0) is 21.3. The summed E-state index contributed by atoms with van der Waals surface area (Å²) >= 11 is 0. The highest BCUT2D eigenvalue weighted by Crippen LogP contribution is 2.39. The van der Waals surface area contributed by atoms with Crippen LogP contribution in [0.5, 0.6) is 11.5 Å². The quantitative estimate of drug-likeness (QED) is 0.670. The Morgan fingerprint density at radius 2 is 1.21 bits per heavy atom. The highest BCUT2D eigenvalue weighted by atomic mass is 32.2. The van der Waals surface area contributed by atoms with Crippen LogP contribution < -0.4 is 14.6 Å². The normalized spacial score (nSPS) is 11.4. The minimum Gasteiger partial charge on any atom is -0.494 e. The summed E-state index contributed by atoms with van der Waals surface area (Å²) < 4.78 is 75.1. The summed E-state index contributed by atoms with van der Waals surface area (Å²) in [5.41, 5.74) is 1.18. The molecule has 2 N–H and O–H groups in total. The maximum atomic E-state index is 14.2. The number of ether oxygens (including phenoxy) is 2. The second-order valence-corrected chi connectivity index (χ2v) is 7.64. The largest absolute Gasteiger partial charge is 0.494 e. The van der Waals surface area contributed by atoms with Crippen molar-refractivity contribution in [1.82, 2.24) is 0 Å². The van der Waals surface area contributed by atoms with Gasteiger partial charge >= 0.3 is 0 Å². The van der Waals surface area contributed by atoms with Crippen LogP contribution >= 0.6 is 0 Å². The number of rotatable bonds is 5. The first-order valence-corrected chi connectivity index (χ1v) is 9.74. The molecule has 0 aromatic heterocycles. The molecular weight excluding hydrogens is 407 g/mol. The van der Waals surface area contributed by atoms with Gasteiger partial charge in [-0.1, -0.05) is 12.1 Å². The van der Waals surface area contributed by atoms with E-state index in [1.807, 2.05) is 0 Å². The van der Waals surface area contributed by atoms with E-state index >= 15 is 0 Å². The van der Waals surface area contributed by atoms with Crippen molar-refractivity contribution in [3.05, 3.63) is 66.0 Å². The molecule has 0 saturated carbocycles. The molecule has 0 fully saturated rings. The molecule has 29 heavy (non-hydrogen) atoms. The van der Waals surface area contributed by atoms with Gasteiger partial charge in [0.1, 0.15) is 0 Å². The van der Waals surface area contributed by atoms with Crippen molar-refractivity contribution >= 4 is 10.0 Å². The smallest absolute Gasteiger partial charge is 0.238 e. The molecule has 5 nitrogen and oxygen atoms in total. The van der Waals surface area contributed by atoms with Crippen LogP contribution in [0, 0.1) is 17.5 Å². The Balaban J connectivity index is 2.25. The fourth-order valence-corrected chi connectivity index (χ4v) is 3.39. The Morgan fingerprint density at radius 1 is 0.759 bits per heavy atom. The number of sulfonamides is 1. The molecule has 0 aliphatic rings. The van der Waals surface area contributed by atoms with Crippen LogP contribution in [-0.4, -0.2) is 22.6 Å². The highest BCUT2D eigenvalue weighted by Gasteiger charge is 2.18. The first-order valence-electron chi connectivity index (χ1n) is 8.20. The van der Waals surface area contributed by atoms with Gasteiger partial charge in [-0.3, -0.25) is 0 Å². The van der Waals surface area contributed by atoms with Gasteiger partial charge in [0, 0.05) is 0 Å². The van der Waals surface area contributed by atoms with Gasteiger partial charge in [-0.15, -0.1) is 0 Å². The Hall–Kier alpha value is -3.04. The lowest BCUT2D eigenvalue weighted by atomic mass is 9.94. The number of methoxy groups -OCH3 is 2. The fraction of sp³-hybridized carbons (Fsp3) is 0.100. The van der Waals surface area contributed by atoms with Crippen molar-refractivity contribution in [3.63, 3.8) is 0 Å². The summed E-state index contributed by atoms with van der Waals surface area (Å²) in [6.45, 7) is 0. The van der Waals surface area contributed by atoms with Gasteiger partial charge in [0.2, 0.25) is 15.8 Å². The van der Waals surface area contributed by atoms with Gasteiger partial charge in [-0.2, -0.15) is 4.39 Å². The molecule has 3 aromatic carbocycles. The second kappa shape index (κ2) is 7.76. The molecule has 0 unspecified atom stereocenters. The van der Waals surface area contributed by atoms with Gasteiger partial charge in [0.25, 0.3) is 0 Å². The Kier molecular flexibility index (Phi) is 5.54. The average Bonchev–Trinajstić information content (AvgIpc) is 2.69. The molecule has 0 aliphatic heterocycles. The van der Waals surface area contributed by atoms with Crippen LogP contribution in [0.15, 0.2) is 53.4 Å². The predicted molar refractivity (Wildman–Crippen MR) is 102 cm³/mol. The van der Waals surface area contributed by atoms with Crippen molar-refractivity contribution in [3.8, 4) is 33.8 Å². The Labute approximate surface area is 165 Å². The minimum absolute atomic E-state index is 0.129. The van der Waals surface area contributed by atoms with Crippen molar-refractivity contribution in [2.24, 2.45) is 5.14 Å². The number of primary sulfonamides is 1. The third kappa shape index (κ3) is 4.06. The molecular formula is C20H16F3NO4S. The number of nitrogens with two attached hydrogens (primary N) is 1. The van der Waals surface area contributed by atoms with Gasteiger partial charge in [-0.25, -0.2) is 22.3 Å². The summed E-state index contributed by atoms with van der Waals surface area (Å²) in [5, 5.41) is 5.09. The highest BCUT2D eigenvalue weighted by molar-refractivity contribution is 7.89. The molecule has 0 saturated heterocycles. The molecule has 0 spiro atoms. The van der Waals surface area contributed by atoms with Gasteiger partial charge in [-0.05, 0) is 58.7 Å². The number of benzene rings is 3. The molecule has 3 rings (SSSR count). The predicted octanol–water partition coefficient (Wildman–Crippen LogP) is 4.10. The van der Waals surface area contributed by atoms with Gasteiger partial charge in [0.05, 0.1) is 19.1 Å². The Bertz CT molecular complexity index is 1150. The standard InChI is InChI=1S/C20H16F3NO4S/c1-27-18-7-12(8-19(28-2)20(18)23)15-10-17(22)16(21)9-14(15)11-3-5-13(6-4-11)29(24,25)26/h3-10H,1-2H3,(H2,24,25,26). The van der Waals surface area contributed by atoms with E-state index in [0.29, 0.717) is 11.1 Å². The number of hydrogen-bond acceptors (Lipinski definition) is 4. The summed E-state index contributed by atoms with van der Waals surface area (Å²) in [5.74, 6) is -3.22. The van der Waals surface area contributed by atoms with Crippen molar-refractivity contribution in [2.45, 2.75) is 4.90 Å². The van der Waals surface area contributed by atoms with E-state index in [0.717, 1.165) is 12.1 Å². The topological polar surface area (TPSA) is 78.6 Å². The molecule has 0 aliphatic carbocycles. The van der Waals surface area contributed by atoms with Gasteiger partial charge < -0.3 is 9.47 Å². The van der Waals surface area contributed by atoms with Crippen LogP contribution in [0.25, 0.3) is 22.3 Å². The van der Waals surface area contributed by atoms with Crippen LogP contribution in [0.2, 0.25) is 0 Å². The zero-order valence-electron chi connectivity index (χ0n) is 15.4. The number of halogens is 3. The van der Waals surface area contributed by atoms with Crippen LogP contribution in [0.1, 0.15) is 0 Å². The van der Waals surface area contributed by atoms with E-state index in [1.165, 1.54) is 50.6 Å². The lowest BCUT2D eigenvalue weighted by molar-refractivity contribution is 0.351. The summed E-state index contributed by atoms with van der Waals surface area (Å²) in [6, 6.07) is 9.91. The molecule has 152 valence electrons. The van der Waals surface area contributed by atoms with E-state index in [2.05, 4.69) is 0 Å². The molecule has 0 amide bonds. The van der Waals surface area contributed by atoms with E-state index < -0.39 is 27.5 Å². The first kappa shape index (κ1) is 20.7. The molecule has 0 bridgehead atoms. The second-order valence-electron chi connectivity index (χ2n) is 6.08. The van der Waals surface area contributed by atoms with E-state index in [1.54, 1.807) is 0 Å². The summed E-state index contributed by atoms with van der Waals surface area (Å²) in [7, 11) is -1.38. The Morgan fingerprint density at radius 3 is 1.62 bits per heavy atom. The molecule has 0 heterocycles. The van der Waals surface area contributed by atoms with Crippen molar-refractivity contribution in [1.29, 1.82) is 0 Å².